The van der Waals surface area contributed by atoms with E-state index in [0.717, 1.165) is 0 Å². The van der Waals surface area contributed by atoms with Crippen LogP contribution >= 0.6 is 0 Å². The molecule has 1 amide bonds. The van der Waals surface area contributed by atoms with Gasteiger partial charge in [0.05, 0.1) is 6.54 Å². The van der Waals surface area contributed by atoms with Crippen molar-refractivity contribution < 1.29 is 13.9 Å². The molecule has 8 heteroatoms. The standard InChI is InChI=1S/C9H11N5O3/c1-5-3-6(11-16-5)4-14(2)9(15)7-8(10)13-17-12-7/h3H,4H2,1-2H3,(H2,10,13). The molecule has 2 N–H and O–H groups in total. The number of aryl methyl sites for hydroxylation is 1. The fraction of sp³-hybridized carbons (Fsp3) is 0.333. The Morgan fingerprint density at radius 2 is 2.24 bits per heavy atom. The van der Waals surface area contributed by atoms with Gasteiger partial charge in [-0.25, -0.2) is 4.63 Å². The number of nitrogen functional groups attached to an aromatic ring is 1. The highest BCUT2D eigenvalue weighted by Crippen LogP contribution is 2.10. The number of anilines is 1. The van der Waals surface area contributed by atoms with Crippen molar-refractivity contribution in [3.8, 4) is 0 Å². The number of hydrogen-bond acceptors (Lipinski definition) is 7. The van der Waals surface area contributed by atoms with Crippen molar-refractivity contribution in [2.45, 2.75) is 13.5 Å². The molecule has 0 aliphatic heterocycles. The highest BCUT2D eigenvalue weighted by Gasteiger charge is 2.20. The summed E-state index contributed by atoms with van der Waals surface area (Å²) in [5.41, 5.74) is 6.07. The summed E-state index contributed by atoms with van der Waals surface area (Å²) in [7, 11) is 1.60. The molecule has 0 aliphatic rings. The maximum atomic E-state index is 11.9. The molecule has 0 atom stereocenters. The Kier molecular flexibility index (Phi) is 2.77. The van der Waals surface area contributed by atoms with Crippen molar-refractivity contribution in [1.82, 2.24) is 20.4 Å². The highest BCUT2D eigenvalue weighted by molar-refractivity contribution is 5.95. The van der Waals surface area contributed by atoms with E-state index in [2.05, 4.69) is 20.1 Å². The van der Waals surface area contributed by atoms with E-state index in [1.54, 1.807) is 20.0 Å². The van der Waals surface area contributed by atoms with Gasteiger partial charge in [0.1, 0.15) is 11.5 Å². The zero-order valence-corrected chi connectivity index (χ0v) is 9.38. The molecule has 0 aromatic carbocycles. The first-order valence-corrected chi connectivity index (χ1v) is 4.83. The van der Waals surface area contributed by atoms with Crippen LogP contribution in [-0.4, -0.2) is 33.3 Å². The van der Waals surface area contributed by atoms with Gasteiger partial charge in [-0.2, -0.15) is 0 Å². The number of hydrogen-bond donors (Lipinski definition) is 1. The van der Waals surface area contributed by atoms with E-state index in [1.807, 2.05) is 0 Å². The van der Waals surface area contributed by atoms with Gasteiger partial charge in [-0.3, -0.25) is 4.79 Å². The summed E-state index contributed by atoms with van der Waals surface area (Å²) in [6, 6.07) is 1.74. The van der Waals surface area contributed by atoms with E-state index in [-0.39, 0.29) is 17.4 Å². The average molecular weight is 237 g/mol. The third-order valence-corrected chi connectivity index (χ3v) is 2.14. The van der Waals surface area contributed by atoms with Gasteiger partial charge in [-0.15, -0.1) is 0 Å². The number of aromatic nitrogens is 3. The molecule has 2 aromatic rings. The van der Waals surface area contributed by atoms with Crippen LogP contribution in [0.1, 0.15) is 21.9 Å². The lowest BCUT2D eigenvalue weighted by Gasteiger charge is -2.13. The first kappa shape index (κ1) is 11.1. The third-order valence-electron chi connectivity index (χ3n) is 2.14. The third kappa shape index (κ3) is 2.25. The molecule has 0 saturated heterocycles. The Bertz CT molecular complexity index is 532. The van der Waals surface area contributed by atoms with Gasteiger partial charge < -0.3 is 15.2 Å². The second-order valence-corrected chi connectivity index (χ2v) is 3.59. The quantitative estimate of drug-likeness (QED) is 0.812. The second kappa shape index (κ2) is 4.24. The van der Waals surface area contributed by atoms with Gasteiger partial charge in [-0.05, 0) is 17.2 Å². The van der Waals surface area contributed by atoms with E-state index >= 15 is 0 Å². The summed E-state index contributed by atoms with van der Waals surface area (Å²) in [4.78, 5) is 13.3. The molecule has 0 saturated carbocycles. The molecule has 8 nitrogen and oxygen atoms in total. The summed E-state index contributed by atoms with van der Waals surface area (Å²) in [5.74, 6) is 0.269. The number of nitrogens with zero attached hydrogens (tertiary/aromatic N) is 4. The SMILES string of the molecule is Cc1cc(CN(C)C(=O)c2nonc2N)no1. The minimum atomic E-state index is -0.385. The van der Waals surface area contributed by atoms with Crippen LogP contribution in [0.25, 0.3) is 0 Å². The number of carbonyl (C=O) groups excluding carboxylic acids is 1. The molecule has 0 bridgehead atoms. The minimum absolute atomic E-state index is 0.00674. The lowest BCUT2D eigenvalue weighted by atomic mass is 10.3. The number of nitrogens with two attached hydrogens (primary N) is 1. The van der Waals surface area contributed by atoms with Gasteiger partial charge in [0, 0.05) is 13.1 Å². The van der Waals surface area contributed by atoms with Crippen molar-refractivity contribution in [2.75, 3.05) is 12.8 Å². The van der Waals surface area contributed by atoms with Crippen LogP contribution in [0.5, 0.6) is 0 Å². The molecule has 0 spiro atoms. The molecule has 90 valence electrons. The van der Waals surface area contributed by atoms with Crippen molar-refractivity contribution in [3.05, 3.63) is 23.2 Å². The topological polar surface area (TPSA) is 111 Å². The van der Waals surface area contributed by atoms with Crippen molar-refractivity contribution in [1.29, 1.82) is 0 Å². The van der Waals surface area contributed by atoms with Gasteiger partial charge in [0.25, 0.3) is 5.91 Å². The fourth-order valence-corrected chi connectivity index (χ4v) is 1.33. The molecule has 0 fully saturated rings. The van der Waals surface area contributed by atoms with Crippen LogP contribution in [-0.2, 0) is 6.54 Å². The molecule has 2 rings (SSSR count). The summed E-state index contributed by atoms with van der Waals surface area (Å²) in [6.07, 6.45) is 0. The molecule has 2 aromatic heterocycles. The Balaban J connectivity index is 2.08. The largest absolute Gasteiger partial charge is 0.379 e. The normalized spacial score (nSPS) is 10.5. The number of rotatable bonds is 3. The van der Waals surface area contributed by atoms with Crippen molar-refractivity contribution in [2.24, 2.45) is 0 Å². The molecular formula is C9H11N5O3. The molecule has 0 unspecified atom stereocenters. The Morgan fingerprint density at radius 1 is 1.47 bits per heavy atom. The summed E-state index contributed by atoms with van der Waals surface area (Å²) >= 11 is 0. The predicted octanol–water partition coefficient (Wildman–Crippen LogP) is 0.220. The van der Waals surface area contributed by atoms with Gasteiger partial charge >= 0.3 is 0 Å². The maximum Gasteiger partial charge on any atom is 0.280 e. The van der Waals surface area contributed by atoms with Crippen LogP contribution in [0, 0.1) is 6.92 Å². The van der Waals surface area contributed by atoms with Gasteiger partial charge in [0.15, 0.2) is 0 Å². The van der Waals surface area contributed by atoms with Crippen LogP contribution in [0.2, 0.25) is 0 Å². The van der Waals surface area contributed by atoms with E-state index in [0.29, 0.717) is 18.0 Å². The Labute approximate surface area is 96.3 Å². The Morgan fingerprint density at radius 3 is 2.76 bits per heavy atom. The van der Waals surface area contributed by atoms with Crippen LogP contribution in [0.15, 0.2) is 15.2 Å². The smallest absolute Gasteiger partial charge is 0.280 e. The lowest BCUT2D eigenvalue weighted by molar-refractivity contribution is 0.0772. The van der Waals surface area contributed by atoms with Gasteiger partial charge in [-0.1, -0.05) is 5.16 Å². The lowest BCUT2D eigenvalue weighted by Crippen LogP contribution is -2.27. The average Bonchev–Trinajstić information content (AvgIpc) is 2.86. The summed E-state index contributed by atoms with van der Waals surface area (Å²) in [6.45, 7) is 2.07. The first-order chi connectivity index (χ1) is 8.08. The first-order valence-electron chi connectivity index (χ1n) is 4.83. The zero-order valence-electron chi connectivity index (χ0n) is 9.38. The van der Waals surface area contributed by atoms with E-state index in [9.17, 15) is 4.79 Å². The molecule has 0 aliphatic carbocycles. The minimum Gasteiger partial charge on any atom is -0.379 e. The molecule has 17 heavy (non-hydrogen) atoms. The van der Waals surface area contributed by atoms with E-state index in [1.165, 1.54) is 4.90 Å². The van der Waals surface area contributed by atoms with Crippen molar-refractivity contribution >= 4 is 11.7 Å². The molecule has 0 radical (unpaired) electrons. The monoisotopic (exact) mass is 237 g/mol. The van der Waals surface area contributed by atoms with E-state index in [4.69, 9.17) is 10.3 Å². The van der Waals surface area contributed by atoms with Gasteiger partial charge in [0.2, 0.25) is 11.5 Å². The number of carbonyl (C=O) groups is 1. The van der Waals surface area contributed by atoms with E-state index < -0.39 is 0 Å². The summed E-state index contributed by atoms with van der Waals surface area (Å²) in [5, 5.41) is 10.6. The van der Waals surface area contributed by atoms with Crippen LogP contribution < -0.4 is 5.73 Å². The highest BCUT2D eigenvalue weighted by atomic mass is 16.6. The summed E-state index contributed by atoms with van der Waals surface area (Å²) < 4.78 is 9.26. The van der Waals surface area contributed by atoms with Crippen LogP contribution in [0.3, 0.4) is 0 Å². The predicted molar refractivity (Wildman–Crippen MR) is 55.7 cm³/mol. The second-order valence-electron chi connectivity index (χ2n) is 3.59. The maximum absolute atomic E-state index is 11.9. The Hall–Kier alpha value is -2.38. The molecule has 2 heterocycles. The zero-order chi connectivity index (χ0) is 12.4. The van der Waals surface area contributed by atoms with Crippen LogP contribution in [0.4, 0.5) is 5.82 Å². The molecular weight excluding hydrogens is 226 g/mol. The van der Waals surface area contributed by atoms with Crippen molar-refractivity contribution in [3.63, 3.8) is 0 Å². The fourth-order valence-electron chi connectivity index (χ4n) is 1.33. The number of amides is 1.